The molecule has 0 spiro atoms. The number of hydrogen-bond acceptors (Lipinski definition) is 5. The Morgan fingerprint density at radius 1 is 1.12 bits per heavy atom. The minimum atomic E-state index is -0.225. The zero-order valence-corrected chi connectivity index (χ0v) is 14.7. The highest BCUT2D eigenvalue weighted by molar-refractivity contribution is 5.93. The first-order chi connectivity index (χ1) is 12.0. The van der Waals surface area contributed by atoms with E-state index in [1.54, 1.807) is 37.1 Å². The number of carbonyl (C=O) groups is 1. The fourth-order valence-corrected chi connectivity index (χ4v) is 2.58. The van der Waals surface area contributed by atoms with Gasteiger partial charge >= 0.3 is 0 Å². The molecule has 1 heterocycles. The molecule has 0 saturated carbocycles. The molecule has 0 aliphatic rings. The van der Waals surface area contributed by atoms with Gasteiger partial charge in [0.2, 0.25) is 5.91 Å². The van der Waals surface area contributed by atoms with Crippen LogP contribution < -0.4 is 14.8 Å². The Morgan fingerprint density at radius 2 is 1.88 bits per heavy atom. The van der Waals surface area contributed by atoms with Gasteiger partial charge in [0.15, 0.2) is 0 Å². The summed E-state index contributed by atoms with van der Waals surface area (Å²) in [7, 11) is 3.12. The number of fused-ring (bicyclic) bond motifs is 1. The standard InChI is InChI=1S/C18H20N4O3/c1-11-7-14-16(8-12(11)2)22(21-20-14)10-18(23)19-15-9-13(24-3)5-6-17(15)25-4/h5-9H,10H2,1-4H3,(H,19,23). The number of carbonyl (C=O) groups excluding carboxylic acids is 1. The molecule has 2 aromatic carbocycles. The van der Waals surface area contributed by atoms with E-state index in [4.69, 9.17) is 9.47 Å². The highest BCUT2D eigenvalue weighted by Gasteiger charge is 2.13. The van der Waals surface area contributed by atoms with Crippen molar-refractivity contribution in [2.75, 3.05) is 19.5 Å². The maximum absolute atomic E-state index is 12.4. The van der Waals surface area contributed by atoms with Crippen molar-refractivity contribution < 1.29 is 14.3 Å². The Hall–Kier alpha value is -3.09. The van der Waals surface area contributed by atoms with E-state index in [0.29, 0.717) is 17.2 Å². The van der Waals surface area contributed by atoms with E-state index in [1.807, 2.05) is 26.0 Å². The van der Waals surface area contributed by atoms with Gasteiger partial charge in [-0.3, -0.25) is 4.79 Å². The topological polar surface area (TPSA) is 78.3 Å². The SMILES string of the molecule is COc1ccc(OC)c(NC(=O)Cn2nnc3cc(C)c(C)cc32)c1. The average molecular weight is 340 g/mol. The number of anilines is 1. The van der Waals surface area contributed by atoms with Crippen LogP contribution in [0.4, 0.5) is 5.69 Å². The van der Waals surface area contributed by atoms with Crippen molar-refractivity contribution in [1.29, 1.82) is 0 Å². The number of benzene rings is 2. The van der Waals surface area contributed by atoms with Crippen molar-refractivity contribution >= 4 is 22.6 Å². The normalized spacial score (nSPS) is 10.7. The number of hydrogen-bond donors (Lipinski definition) is 1. The second kappa shape index (κ2) is 6.80. The first kappa shape index (κ1) is 16.8. The highest BCUT2D eigenvalue weighted by Crippen LogP contribution is 2.29. The van der Waals surface area contributed by atoms with Gasteiger partial charge in [0, 0.05) is 6.07 Å². The van der Waals surface area contributed by atoms with Gasteiger partial charge in [0.25, 0.3) is 0 Å². The number of methoxy groups -OCH3 is 2. The fraction of sp³-hybridized carbons (Fsp3) is 0.278. The molecule has 1 aromatic heterocycles. The summed E-state index contributed by atoms with van der Waals surface area (Å²) in [4.78, 5) is 12.4. The quantitative estimate of drug-likeness (QED) is 0.772. The maximum atomic E-state index is 12.4. The number of aromatic nitrogens is 3. The van der Waals surface area contributed by atoms with E-state index >= 15 is 0 Å². The number of nitrogens with one attached hydrogen (secondary N) is 1. The van der Waals surface area contributed by atoms with Crippen molar-refractivity contribution in [2.45, 2.75) is 20.4 Å². The van der Waals surface area contributed by atoms with Crippen molar-refractivity contribution in [3.8, 4) is 11.5 Å². The van der Waals surface area contributed by atoms with Crippen LogP contribution in [0.5, 0.6) is 11.5 Å². The van der Waals surface area contributed by atoms with Gasteiger partial charge in [-0.05, 0) is 49.2 Å². The monoisotopic (exact) mass is 340 g/mol. The van der Waals surface area contributed by atoms with E-state index < -0.39 is 0 Å². The van der Waals surface area contributed by atoms with Crippen molar-refractivity contribution in [3.63, 3.8) is 0 Å². The van der Waals surface area contributed by atoms with E-state index in [2.05, 4.69) is 15.6 Å². The van der Waals surface area contributed by atoms with E-state index in [0.717, 1.165) is 22.2 Å². The lowest BCUT2D eigenvalue weighted by molar-refractivity contribution is -0.116. The average Bonchev–Trinajstić information content (AvgIpc) is 2.96. The maximum Gasteiger partial charge on any atom is 0.246 e. The van der Waals surface area contributed by atoms with Crippen LogP contribution >= 0.6 is 0 Å². The molecule has 0 aliphatic heterocycles. The second-order valence-corrected chi connectivity index (χ2v) is 5.79. The summed E-state index contributed by atoms with van der Waals surface area (Å²) in [5, 5.41) is 11.0. The molecule has 25 heavy (non-hydrogen) atoms. The van der Waals surface area contributed by atoms with E-state index in [9.17, 15) is 4.79 Å². The zero-order valence-electron chi connectivity index (χ0n) is 14.7. The molecule has 0 radical (unpaired) electrons. The fourth-order valence-electron chi connectivity index (χ4n) is 2.58. The van der Waals surface area contributed by atoms with Gasteiger partial charge in [-0.15, -0.1) is 5.10 Å². The van der Waals surface area contributed by atoms with Crippen LogP contribution in [0.15, 0.2) is 30.3 Å². The Kier molecular flexibility index (Phi) is 4.56. The first-order valence-electron chi connectivity index (χ1n) is 7.84. The molecular formula is C18H20N4O3. The molecule has 1 amide bonds. The molecular weight excluding hydrogens is 320 g/mol. The molecule has 7 nitrogen and oxygen atoms in total. The molecule has 3 rings (SSSR count). The van der Waals surface area contributed by atoms with E-state index in [-0.39, 0.29) is 12.5 Å². The van der Waals surface area contributed by atoms with Gasteiger partial charge in [0.05, 0.1) is 25.4 Å². The second-order valence-electron chi connectivity index (χ2n) is 5.79. The third-order valence-corrected chi connectivity index (χ3v) is 4.10. The lowest BCUT2D eigenvalue weighted by atomic mass is 10.1. The Balaban J connectivity index is 1.83. The Bertz CT molecular complexity index is 933. The van der Waals surface area contributed by atoms with Gasteiger partial charge in [-0.2, -0.15) is 0 Å². The van der Waals surface area contributed by atoms with Crippen LogP contribution in [0.1, 0.15) is 11.1 Å². The highest BCUT2D eigenvalue weighted by atomic mass is 16.5. The molecule has 130 valence electrons. The number of rotatable bonds is 5. The predicted molar refractivity (Wildman–Crippen MR) is 95.2 cm³/mol. The molecule has 0 atom stereocenters. The van der Waals surface area contributed by atoms with Crippen molar-refractivity contribution in [2.24, 2.45) is 0 Å². The minimum absolute atomic E-state index is 0.0549. The van der Waals surface area contributed by atoms with Gasteiger partial charge in [0.1, 0.15) is 23.6 Å². The van der Waals surface area contributed by atoms with Crippen LogP contribution in [0.2, 0.25) is 0 Å². The summed E-state index contributed by atoms with van der Waals surface area (Å²) >= 11 is 0. The molecule has 0 bridgehead atoms. The van der Waals surface area contributed by atoms with Crippen LogP contribution in [0, 0.1) is 13.8 Å². The molecule has 1 N–H and O–H groups in total. The van der Waals surface area contributed by atoms with Crippen LogP contribution in [-0.2, 0) is 11.3 Å². The van der Waals surface area contributed by atoms with Crippen molar-refractivity contribution in [3.05, 3.63) is 41.5 Å². The number of ether oxygens (including phenoxy) is 2. The summed E-state index contributed by atoms with van der Waals surface area (Å²) in [5.41, 5.74) is 4.42. The summed E-state index contributed by atoms with van der Waals surface area (Å²) in [6.45, 7) is 4.10. The van der Waals surface area contributed by atoms with Gasteiger partial charge in [-0.25, -0.2) is 4.68 Å². The largest absolute Gasteiger partial charge is 0.497 e. The zero-order chi connectivity index (χ0) is 18.0. The van der Waals surface area contributed by atoms with Crippen LogP contribution in [0.25, 0.3) is 11.0 Å². The lowest BCUT2D eigenvalue weighted by Crippen LogP contribution is -2.20. The molecule has 0 aliphatic carbocycles. The third-order valence-electron chi connectivity index (χ3n) is 4.10. The summed E-state index contributed by atoms with van der Waals surface area (Å²) in [6, 6.07) is 9.18. The Labute approximate surface area is 145 Å². The first-order valence-corrected chi connectivity index (χ1v) is 7.84. The lowest BCUT2D eigenvalue weighted by Gasteiger charge is -2.12. The molecule has 3 aromatic rings. The number of aryl methyl sites for hydroxylation is 2. The smallest absolute Gasteiger partial charge is 0.246 e. The van der Waals surface area contributed by atoms with Crippen LogP contribution in [0.3, 0.4) is 0 Å². The minimum Gasteiger partial charge on any atom is -0.497 e. The van der Waals surface area contributed by atoms with E-state index in [1.165, 1.54) is 0 Å². The predicted octanol–water partition coefficient (Wildman–Crippen LogP) is 2.70. The summed E-state index contributed by atoms with van der Waals surface area (Å²) in [5.74, 6) is 0.967. The summed E-state index contributed by atoms with van der Waals surface area (Å²) < 4.78 is 12.1. The number of amides is 1. The molecule has 0 saturated heterocycles. The summed E-state index contributed by atoms with van der Waals surface area (Å²) in [6.07, 6.45) is 0. The van der Waals surface area contributed by atoms with Gasteiger partial charge in [-0.1, -0.05) is 5.21 Å². The Morgan fingerprint density at radius 3 is 2.60 bits per heavy atom. The van der Waals surface area contributed by atoms with Crippen molar-refractivity contribution in [1.82, 2.24) is 15.0 Å². The number of nitrogens with zero attached hydrogens (tertiary/aromatic N) is 3. The van der Waals surface area contributed by atoms with Crippen LogP contribution in [-0.4, -0.2) is 35.1 Å². The molecule has 0 unspecified atom stereocenters. The van der Waals surface area contributed by atoms with Gasteiger partial charge < -0.3 is 14.8 Å². The third kappa shape index (κ3) is 3.40. The molecule has 0 fully saturated rings. The molecule has 7 heteroatoms.